The number of rotatable bonds is 5. The highest BCUT2D eigenvalue weighted by Gasteiger charge is 2.26. The zero-order valence-corrected chi connectivity index (χ0v) is 14.0. The van der Waals surface area contributed by atoms with E-state index in [-0.39, 0.29) is 11.3 Å². The lowest BCUT2D eigenvalue weighted by molar-refractivity contribution is -0.387. The standard InChI is InChI=1S/C14H17NO7S/c1-14(2,3)12(16)8-22-13(17)9-5-6-11(23(4,20)21)10(7-9)15(18)19/h5-7H,8H2,1-4H3. The summed E-state index contributed by atoms with van der Waals surface area (Å²) in [6.07, 6.45) is 0.829. The third-order valence-electron chi connectivity index (χ3n) is 2.96. The van der Waals surface area contributed by atoms with E-state index >= 15 is 0 Å². The normalized spacial score (nSPS) is 11.8. The minimum absolute atomic E-state index is 0.203. The monoisotopic (exact) mass is 343 g/mol. The van der Waals surface area contributed by atoms with Crippen LogP contribution in [0.1, 0.15) is 31.1 Å². The van der Waals surface area contributed by atoms with E-state index in [0.717, 1.165) is 24.5 Å². The van der Waals surface area contributed by atoms with Crippen molar-refractivity contribution in [3.63, 3.8) is 0 Å². The summed E-state index contributed by atoms with van der Waals surface area (Å²) in [5.74, 6) is -1.25. The van der Waals surface area contributed by atoms with Crippen molar-refractivity contribution in [3.8, 4) is 0 Å². The van der Waals surface area contributed by atoms with Gasteiger partial charge in [-0.15, -0.1) is 0 Å². The number of nitro benzene ring substituents is 1. The molecule has 0 fully saturated rings. The number of nitrogens with zero attached hydrogens (tertiary/aromatic N) is 1. The molecule has 23 heavy (non-hydrogen) atoms. The maximum Gasteiger partial charge on any atom is 0.338 e. The van der Waals surface area contributed by atoms with Crippen molar-refractivity contribution in [3.05, 3.63) is 33.9 Å². The average Bonchev–Trinajstić information content (AvgIpc) is 2.41. The van der Waals surface area contributed by atoms with Gasteiger partial charge in [-0.1, -0.05) is 20.8 Å². The molecule has 0 radical (unpaired) electrons. The maximum atomic E-state index is 11.9. The Kier molecular flexibility index (Phi) is 5.26. The molecule has 0 aliphatic heterocycles. The van der Waals surface area contributed by atoms with Gasteiger partial charge in [0.05, 0.1) is 10.5 Å². The van der Waals surface area contributed by atoms with E-state index in [0.29, 0.717) is 0 Å². The third-order valence-corrected chi connectivity index (χ3v) is 4.11. The van der Waals surface area contributed by atoms with Crippen molar-refractivity contribution in [2.75, 3.05) is 12.9 Å². The number of carbonyl (C=O) groups excluding carboxylic acids is 2. The minimum Gasteiger partial charge on any atom is -0.454 e. The number of hydrogen-bond donors (Lipinski definition) is 0. The number of ether oxygens (including phenoxy) is 1. The number of carbonyl (C=O) groups is 2. The van der Waals surface area contributed by atoms with Crippen LogP contribution in [-0.2, 0) is 19.4 Å². The first-order chi connectivity index (χ1) is 10.3. The summed E-state index contributed by atoms with van der Waals surface area (Å²) in [7, 11) is -3.81. The fourth-order valence-electron chi connectivity index (χ4n) is 1.53. The van der Waals surface area contributed by atoms with Crippen LogP contribution in [0.4, 0.5) is 5.69 Å². The number of benzene rings is 1. The van der Waals surface area contributed by atoms with Crippen LogP contribution in [0.25, 0.3) is 0 Å². The van der Waals surface area contributed by atoms with E-state index in [1.54, 1.807) is 20.8 Å². The Hall–Kier alpha value is -2.29. The molecule has 0 unspecified atom stereocenters. The summed E-state index contributed by atoms with van der Waals surface area (Å²) in [6, 6.07) is 2.89. The summed E-state index contributed by atoms with van der Waals surface area (Å²) < 4.78 is 27.8. The second kappa shape index (κ2) is 6.45. The summed E-state index contributed by atoms with van der Waals surface area (Å²) in [5.41, 5.74) is -1.61. The van der Waals surface area contributed by atoms with Gasteiger partial charge in [0.15, 0.2) is 22.2 Å². The summed E-state index contributed by atoms with van der Waals surface area (Å²) in [6.45, 7) is 4.52. The van der Waals surface area contributed by atoms with E-state index in [1.165, 1.54) is 0 Å². The Morgan fingerprint density at radius 3 is 2.26 bits per heavy atom. The van der Waals surface area contributed by atoms with Crippen LogP contribution in [0.2, 0.25) is 0 Å². The minimum atomic E-state index is -3.81. The van der Waals surface area contributed by atoms with Crippen LogP contribution in [0.3, 0.4) is 0 Å². The van der Waals surface area contributed by atoms with Crippen LogP contribution in [0, 0.1) is 15.5 Å². The Labute approximate surface area is 133 Å². The first-order valence-electron chi connectivity index (χ1n) is 6.53. The smallest absolute Gasteiger partial charge is 0.338 e. The second-order valence-corrected chi connectivity index (χ2v) is 7.95. The molecule has 0 bridgehead atoms. The third kappa shape index (κ3) is 4.85. The highest BCUT2D eigenvalue weighted by Crippen LogP contribution is 2.25. The zero-order chi connectivity index (χ0) is 18.0. The molecule has 0 spiro atoms. The lowest BCUT2D eigenvalue weighted by Crippen LogP contribution is -2.26. The Bertz CT molecular complexity index is 760. The molecule has 0 heterocycles. The Balaban J connectivity index is 3.06. The van der Waals surface area contributed by atoms with E-state index in [9.17, 15) is 28.1 Å². The van der Waals surface area contributed by atoms with Crippen molar-refractivity contribution < 1.29 is 27.7 Å². The Morgan fingerprint density at radius 2 is 1.83 bits per heavy atom. The highest BCUT2D eigenvalue weighted by molar-refractivity contribution is 7.90. The zero-order valence-electron chi connectivity index (χ0n) is 13.2. The van der Waals surface area contributed by atoms with Gasteiger partial charge in [0, 0.05) is 17.7 Å². The van der Waals surface area contributed by atoms with E-state index < -0.39 is 43.3 Å². The first-order valence-corrected chi connectivity index (χ1v) is 8.42. The predicted octanol–water partition coefficient (Wildman–Crippen LogP) is 1.77. The van der Waals surface area contributed by atoms with Gasteiger partial charge in [0.25, 0.3) is 5.69 Å². The topological polar surface area (TPSA) is 121 Å². The van der Waals surface area contributed by atoms with Gasteiger partial charge in [-0.25, -0.2) is 13.2 Å². The fraction of sp³-hybridized carbons (Fsp3) is 0.429. The summed E-state index contributed by atoms with van der Waals surface area (Å²) in [4.78, 5) is 33.1. The predicted molar refractivity (Wildman–Crippen MR) is 81.0 cm³/mol. The molecule has 0 saturated carbocycles. The highest BCUT2D eigenvalue weighted by atomic mass is 32.2. The van der Waals surface area contributed by atoms with E-state index in [1.807, 2.05) is 0 Å². The van der Waals surface area contributed by atoms with Gasteiger partial charge in [-0.2, -0.15) is 0 Å². The van der Waals surface area contributed by atoms with Gasteiger partial charge in [0.1, 0.15) is 4.90 Å². The maximum absolute atomic E-state index is 11.9. The number of ketones is 1. The Morgan fingerprint density at radius 1 is 1.26 bits per heavy atom. The number of esters is 1. The molecular weight excluding hydrogens is 326 g/mol. The van der Waals surface area contributed by atoms with Crippen LogP contribution < -0.4 is 0 Å². The van der Waals surface area contributed by atoms with E-state index in [2.05, 4.69) is 0 Å². The number of hydrogen-bond acceptors (Lipinski definition) is 7. The summed E-state index contributed by atoms with van der Waals surface area (Å²) in [5, 5.41) is 11.0. The lowest BCUT2D eigenvalue weighted by atomic mass is 9.91. The fourth-order valence-corrected chi connectivity index (χ4v) is 2.36. The molecule has 0 aliphatic rings. The van der Waals surface area contributed by atoms with Crippen molar-refractivity contribution in [2.24, 2.45) is 5.41 Å². The van der Waals surface area contributed by atoms with Crippen LogP contribution in [0.15, 0.2) is 23.1 Å². The molecule has 9 heteroatoms. The van der Waals surface area contributed by atoms with Gasteiger partial charge in [0.2, 0.25) is 0 Å². The van der Waals surface area contributed by atoms with Crippen molar-refractivity contribution >= 4 is 27.3 Å². The molecule has 0 atom stereocenters. The quantitative estimate of drug-likeness (QED) is 0.454. The van der Waals surface area contributed by atoms with Gasteiger partial charge in [-0.05, 0) is 12.1 Å². The summed E-state index contributed by atoms with van der Waals surface area (Å²) >= 11 is 0. The first kappa shape index (κ1) is 18.8. The molecule has 1 aromatic rings. The largest absolute Gasteiger partial charge is 0.454 e. The molecule has 1 rings (SSSR count). The molecule has 0 amide bonds. The number of nitro groups is 1. The van der Waals surface area contributed by atoms with Crippen LogP contribution >= 0.6 is 0 Å². The SMILES string of the molecule is CC(C)(C)C(=O)COC(=O)c1ccc(S(C)(=O)=O)c([N+](=O)[O-])c1. The van der Waals surface area contributed by atoms with Crippen molar-refractivity contribution in [2.45, 2.75) is 25.7 Å². The second-order valence-electron chi connectivity index (χ2n) is 5.96. The van der Waals surface area contributed by atoms with Crippen molar-refractivity contribution in [1.82, 2.24) is 0 Å². The van der Waals surface area contributed by atoms with Crippen LogP contribution in [0.5, 0.6) is 0 Å². The molecule has 0 aliphatic carbocycles. The molecule has 0 saturated heterocycles. The molecule has 0 aromatic heterocycles. The number of sulfone groups is 1. The van der Waals surface area contributed by atoms with Crippen LogP contribution in [-0.4, -0.2) is 38.0 Å². The van der Waals surface area contributed by atoms with E-state index in [4.69, 9.17) is 4.74 Å². The van der Waals surface area contributed by atoms with Gasteiger partial charge in [-0.3, -0.25) is 14.9 Å². The van der Waals surface area contributed by atoms with Crippen molar-refractivity contribution in [1.29, 1.82) is 0 Å². The molecular formula is C14H17NO7S. The van der Waals surface area contributed by atoms with Gasteiger partial charge < -0.3 is 4.74 Å². The average molecular weight is 343 g/mol. The molecule has 0 N–H and O–H groups in total. The molecule has 8 nitrogen and oxygen atoms in total. The lowest BCUT2D eigenvalue weighted by Gasteiger charge is -2.16. The molecule has 1 aromatic carbocycles. The van der Waals surface area contributed by atoms with Gasteiger partial charge >= 0.3 is 5.97 Å². The molecule has 126 valence electrons. The number of Topliss-reactive ketones (excluding diaryl/α,β-unsaturated/α-hetero) is 1.